The number of hydrogen-bond acceptors (Lipinski definition) is 1. The first-order valence-electron chi connectivity index (χ1n) is 5.02. The van der Waals surface area contributed by atoms with Crippen molar-refractivity contribution in [3.63, 3.8) is 0 Å². The standard InChI is InChI=1S/C12H12ClFN2/c1-8-9(2)15-16(12(8)13)7-10-3-5-11(14)6-4-10/h3-6H,7H2,1-2H3. The van der Waals surface area contributed by atoms with Gasteiger partial charge in [0.15, 0.2) is 0 Å². The maximum Gasteiger partial charge on any atom is 0.130 e. The van der Waals surface area contributed by atoms with Gasteiger partial charge in [-0.1, -0.05) is 23.7 Å². The lowest BCUT2D eigenvalue weighted by atomic mass is 10.2. The molecule has 84 valence electrons. The number of benzene rings is 1. The van der Waals surface area contributed by atoms with Gasteiger partial charge in [0.25, 0.3) is 0 Å². The van der Waals surface area contributed by atoms with E-state index in [2.05, 4.69) is 5.10 Å². The fourth-order valence-corrected chi connectivity index (χ4v) is 1.74. The minimum Gasteiger partial charge on any atom is -0.249 e. The highest BCUT2D eigenvalue weighted by Gasteiger charge is 2.09. The first-order valence-corrected chi connectivity index (χ1v) is 5.39. The van der Waals surface area contributed by atoms with E-state index in [0.29, 0.717) is 11.7 Å². The molecule has 0 radical (unpaired) electrons. The number of nitrogens with zero attached hydrogens (tertiary/aromatic N) is 2. The molecule has 2 nitrogen and oxygen atoms in total. The maximum atomic E-state index is 12.7. The summed E-state index contributed by atoms with van der Waals surface area (Å²) in [6.07, 6.45) is 0. The van der Waals surface area contributed by atoms with Gasteiger partial charge in [0.05, 0.1) is 12.2 Å². The molecule has 1 heterocycles. The Kier molecular flexibility index (Phi) is 2.97. The van der Waals surface area contributed by atoms with Crippen molar-refractivity contribution >= 4 is 11.6 Å². The highest BCUT2D eigenvalue weighted by atomic mass is 35.5. The van der Waals surface area contributed by atoms with Crippen LogP contribution >= 0.6 is 11.6 Å². The molecule has 0 atom stereocenters. The summed E-state index contributed by atoms with van der Waals surface area (Å²) in [5.74, 6) is -0.234. The minimum absolute atomic E-state index is 0.234. The van der Waals surface area contributed by atoms with Gasteiger partial charge in [-0.25, -0.2) is 9.07 Å². The molecule has 0 aliphatic carbocycles. The Hall–Kier alpha value is -1.35. The number of rotatable bonds is 2. The first kappa shape index (κ1) is 11.1. The first-order chi connectivity index (χ1) is 7.58. The molecule has 0 fully saturated rings. The van der Waals surface area contributed by atoms with E-state index in [1.54, 1.807) is 16.8 Å². The Balaban J connectivity index is 2.27. The summed E-state index contributed by atoms with van der Waals surface area (Å²) in [5, 5.41) is 4.96. The number of hydrogen-bond donors (Lipinski definition) is 0. The number of aromatic nitrogens is 2. The van der Waals surface area contributed by atoms with Crippen LogP contribution in [-0.2, 0) is 6.54 Å². The lowest BCUT2D eigenvalue weighted by molar-refractivity contribution is 0.624. The molecular weight excluding hydrogens is 227 g/mol. The highest BCUT2D eigenvalue weighted by molar-refractivity contribution is 6.30. The molecule has 2 aromatic rings. The van der Waals surface area contributed by atoms with E-state index >= 15 is 0 Å². The summed E-state index contributed by atoms with van der Waals surface area (Å²) >= 11 is 6.12. The zero-order valence-electron chi connectivity index (χ0n) is 9.17. The fraction of sp³-hybridized carbons (Fsp3) is 0.250. The molecule has 0 saturated heterocycles. The van der Waals surface area contributed by atoms with Gasteiger partial charge in [0, 0.05) is 5.56 Å². The quantitative estimate of drug-likeness (QED) is 0.785. The third-order valence-electron chi connectivity index (χ3n) is 2.60. The van der Waals surface area contributed by atoms with Gasteiger partial charge >= 0.3 is 0 Å². The molecule has 4 heteroatoms. The molecule has 1 aromatic carbocycles. The molecule has 0 aliphatic rings. The largest absolute Gasteiger partial charge is 0.249 e. The predicted octanol–water partition coefficient (Wildman–Crippen LogP) is 3.34. The highest BCUT2D eigenvalue weighted by Crippen LogP contribution is 2.19. The van der Waals surface area contributed by atoms with Gasteiger partial charge in [0.1, 0.15) is 11.0 Å². The smallest absolute Gasteiger partial charge is 0.130 e. The SMILES string of the molecule is Cc1nn(Cc2ccc(F)cc2)c(Cl)c1C. The van der Waals surface area contributed by atoms with E-state index in [-0.39, 0.29) is 5.82 Å². The summed E-state index contributed by atoms with van der Waals surface area (Å²) in [6, 6.07) is 6.34. The number of aryl methyl sites for hydroxylation is 1. The van der Waals surface area contributed by atoms with Crippen LogP contribution in [0.4, 0.5) is 4.39 Å². The molecular formula is C12H12ClFN2. The van der Waals surface area contributed by atoms with Gasteiger partial charge in [-0.2, -0.15) is 5.10 Å². The molecule has 16 heavy (non-hydrogen) atoms. The van der Waals surface area contributed by atoms with Gasteiger partial charge in [-0.15, -0.1) is 0 Å². The van der Waals surface area contributed by atoms with Crippen molar-refractivity contribution in [3.05, 3.63) is 52.1 Å². The van der Waals surface area contributed by atoms with Crippen molar-refractivity contribution in [2.45, 2.75) is 20.4 Å². The minimum atomic E-state index is -0.234. The van der Waals surface area contributed by atoms with Gasteiger partial charge in [0.2, 0.25) is 0 Å². The zero-order chi connectivity index (χ0) is 11.7. The predicted molar refractivity (Wildman–Crippen MR) is 62.2 cm³/mol. The third-order valence-corrected chi connectivity index (χ3v) is 3.07. The van der Waals surface area contributed by atoms with Crippen molar-refractivity contribution in [1.29, 1.82) is 0 Å². The van der Waals surface area contributed by atoms with Crippen molar-refractivity contribution < 1.29 is 4.39 Å². The maximum absolute atomic E-state index is 12.7. The van der Waals surface area contributed by atoms with Crippen LogP contribution in [0.1, 0.15) is 16.8 Å². The second-order valence-electron chi connectivity index (χ2n) is 3.79. The Labute approximate surface area is 98.7 Å². The Morgan fingerprint density at radius 2 is 1.88 bits per heavy atom. The van der Waals surface area contributed by atoms with Crippen molar-refractivity contribution in [1.82, 2.24) is 9.78 Å². The lowest BCUT2D eigenvalue weighted by Gasteiger charge is -2.03. The van der Waals surface area contributed by atoms with Crippen LogP contribution in [-0.4, -0.2) is 9.78 Å². The van der Waals surface area contributed by atoms with Crippen LogP contribution in [0.5, 0.6) is 0 Å². The normalized spacial score (nSPS) is 10.8. The van der Waals surface area contributed by atoms with E-state index in [0.717, 1.165) is 16.8 Å². The summed E-state index contributed by atoms with van der Waals surface area (Å²) < 4.78 is 14.4. The molecule has 0 saturated carbocycles. The topological polar surface area (TPSA) is 17.8 Å². The van der Waals surface area contributed by atoms with Crippen LogP contribution in [0.15, 0.2) is 24.3 Å². The van der Waals surface area contributed by atoms with E-state index in [4.69, 9.17) is 11.6 Å². The fourth-order valence-electron chi connectivity index (χ4n) is 1.51. The second kappa shape index (κ2) is 4.26. The van der Waals surface area contributed by atoms with Crippen molar-refractivity contribution in [2.24, 2.45) is 0 Å². The Morgan fingerprint density at radius 3 is 2.38 bits per heavy atom. The molecule has 0 spiro atoms. The lowest BCUT2D eigenvalue weighted by Crippen LogP contribution is -2.02. The Morgan fingerprint density at radius 1 is 1.25 bits per heavy atom. The number of halogens is 2. The second-order valence-corrected chi connectivity index (χ2v) is 4.14. The van der Waals surface area contributed by atoms with E-state index in [1.165, 1.54) is 12.1 Å². The summed E-state index contributed by atoms with van der Waals surface area (Å²) in [5.41, 5.74) is 2.89. The summed E-state index contributed by atoms with van der Waals surface area (Å²) in [4.78, 5) is 0. The van der Waals surface area contributed by atoms with Crippen molar-refractivity contribution in [2.75, 3.05) is 0 Å². The summed E-state index contributed by atoms with van der Waals surface area (Å²) in [6.45, 7) is 4.42. The molecule has 2 rings (SSSR count). The van der Waals surface area contributed by atoms with Gasteiger partial charge in [-0.3, -0.25) is 0 Å². The monoisotopic (exact) mass is 238 g/mol. The van der Waals surface area contributed by atoms with Crippen LogP contribution < -0.4 is 0 Å². The molecule has 1 aromatic heterocycles. The van der Waals surface area contributed by atoms with Gasteiger partial charge < -0.3 is 0 Å². The molecule has 0 amide bonds. The van der Waals surface area contributed by atoms with E-state index in [9.17, 15) is 4.39 Å². The van der Waals surface area contributed by atoms with E-state index in [1.807, 2.05) is 13.8 Å². The average Bonchev–Trinajstić information content (AvgIpc) is 2.50. The van der Waals surface area contributed by atoms with Gasteiger partial charge in [-0.05, 0) is 31.5 Å². The molecule has 0 aliphatic heterocycles. The van der Waals surface area contributed by atoms with Crippen LogP contribution in [0.3, 0.4) is 0 Å². The molecule has 0 bridgehead atoms. The molecule has 0 unspecified atom stereocenters. The average molecular weight is 239 g/mol. The van der Waals surface area contributed by atoms with Crippen LogP contribution in [0.25, 0.3) is 0 Å². The summed E-state index contributed by atoms with van der Waals surface area (Å²) in [7, 11) is 0. The Bertz CT molecular complexity index is 502. The third kappa shape index (κ3) is 2.09. The van der Waals surface area contributed by atoms with Crippen molar-refractivity contribution in [3.8, 4) is 0 Å². The molecule has 0 N–H and O–H groups in total. The van der Waals surface area contributed by atoms with Crippen LogP contribution in [0.2, 0.25) is 5.15 Å². The van der Waals surface area contributed by atoms with E-state index < -0.39 is 0 Å². The zero-order valence-corrected chi connectivity index (χ0v) is 9.92. The van der Waals surface area contributed by atoms with Crippen LogP contribution in [0, 0.1) is 19.7 Å².